The van der Waals surface area contributed by atoms with Gasteiger partial charge in [-0.25, -0.2) is 0 Å². The van der Waals surface area contributed by atoms with Crippen LogP contribution in [-0.2, 0) is 6.42 Å². The van der Waals surface area contributed by atoms with Crippen LogP contribution in [0.4, 0.5) is 0 Å². The fourth-order valence-electron chi connectivity index (χ4n) is 1.46. The van der Waals surface area contributed by atoms with Crippen molar-refractivity contribution >= 4 is 17.5 Å². The molecule has 17 heavy (non-hydrogen) atoms. The second-order valence-electron chi connectivity index (χ2n) is 3.64. The summed E-state index contributed by atoms with van der Waals surface area (Å²) in [5, 5.41) is 3.46. The molecule has 1 heterocycles. The van der Waals surface area contributed by atoms with Crippen LogP contribution in [0.2, 0.25) is 5.02 Å². The van der Waals surface area contributed by atoms with Crippen molar-refractivity contribution in [3.05, 3.63) is 59.0 Å². The van der Waals surface area contributed by atoms with Crippen molar-refractivity contribution in [2.75, 3.05) is 6.54 Å². The number of hydrogen-bond donors (Lipinski definition) is 1. The summed E-state index contributed by atoms with van der Waals surface area (Å²) in [6.07, 6.45) is 4.06. The minimum atomic E-state index is -0.0924. The monoisotopic (exact) mass is 249 g/mol. The van der Waals surface area contributed by atoms with Gasteiger partial charge in [-0.15, -0.1) is 0 Å². The average Bonchev–Trinajstić information content (AvgIpc) is 2.83. The van der Waals surface area contributed by atoms with Gasteiger partial charge in [0.1, 0.15) is 0 Å². The summed E-state index contributed by atoms with van der Waals surface area (Å²) < 4.78 is 4.94. The Morgan fingerprint density at radius 3 is 2.65 bits per heavy atom. The zero-order valence-electron chi connectivity index (χ0n) is 9.15. The lowest BCUT2D eigenvalue weighted by molar-refractivity contribution is 0.0954. The summed E-state index contributed by atoms with van der Waals surface area (Å²) in [5.74, 6) is -0.0924. The fourth-order valence-corrected chi connectivity index (χ4v) is 1.58. The number of nitrogens with one attached hydrogen (secondary N) is 1. The van der Waals surface area contributed by atoms with E-state index in [0.717, 1.165) is 12.0 Å². The first-order chi connectivity index (χ1) is 8.25. The molecule has 0 aliphatic carbocycles. The topological polar surface area (TPSA) is 42.2 Å². The summed E-state index contributed by atoms with van der Waals surface area (Å²) in [4.78, 5) is 11.7. The molecule has 1 aromatic carbocycles. The SMILES string of the molecule is O=C(NCCc1ccoc1)c1ccc(Cl)cc1. The van der Waals surface area contributed by atoms with Crippen LogP contribution in [0, 0.1) is 0 Å². The standard InChI is InChI=1S/C13H12ClNO2/c14-12-3-1-11(2-4-12)13(16)15-7-5-10-6-8-17-9-10/h1-4,6,8-9H,5,7H2,(H,15,16). The molecular weight excluding hydrogens is 238 g/mol. The van der Waals surface area contributed by atoms with Gasteiger partial charge in [-0.2, -0.15) is 0 Å². The highest BCUT2D eigenvalue weighted by Gasteiger charge is 2.04. The maximum absolute atomic E-state index is 11.7. The van der Waals surface area contributed by atoms with Crippen LogP contribution in [0.1, 0.15) is 15.9 Å². The summed E-state index contributed by atoms with van der Waals surface area (Å²) in [6, 6.07) is 8.69. The Morgan fingerprint density at radius 1 is 1.24 bits per heavy atom. The maximum Gasteiger partial charge on any atom is 0.251 e. The number of amides is 1. The van der Waals surface area contributed by atoms with E-state index in [4.69, 9.17) is 16.0 Å². The Kier molecular flexibility index (Phi) is 3.83. The van der Waals surface area contributed by atoms with Crippen molar-refractivity contribution in [3.8, 4) is 0 Å². The second kappa shape index (κ2) is 5.55. The molecule has 0 fully saturated rings. The number of halogens is 1. The van der Waals surface area contributed by atoms with Crippen molar-refractivity contribution in [2.45, 2.75) is 6.42 Å². The molecular formula is C13H12ClNO2. The van der Waals surface area contributed by atoms with Gasteiger partial charge in [-0.05, 0) is 42.3 Å². The molecule has 88 valence electrons. The third kappa shape index (κ3) is 3.36. The van der Waals surface area contributed by atoms with Crippen LogP contribution in [0.3, 0.4) is 0 Å². The lowest BCUT2D eigenvalue weighted by Crippen LogP contribution is -2.25. The summed E-state index contributed by atoms with van der Waals surface area (Å²) in [5.41, 5.74) is 1.68. The third-order valence-electron chi connectivity index (χ3n) is 2.39. The van der Waals surface area contributed by atoms with Crippen molar-refractivity contribution in [1.29, 1.82) is 0 Å². The minimum absolute atomic E-state index is 0.0924. The van der Waals surface area contributed by atoms with Crippen molar-refractivity contribution in [2.24, 2.45) is 0 Å². The predicted octanol–water partition coefficient (Wildman–Crippen LogP) is 2.91. The minimum Gasteiger partial charge on any atom is -0.472 e. The molecule has 0 saturated carbocycles. The Hall–Kier alpha value is -1.74. The molecule has 0 atom stereocenters. The van der Waals surface area contributed by atoms with Gasteiger partial charge in [0.15, 0.2) is 0 Å². The molecule has 2 aromatic rings. The highest BCUT2D eigenvalue weighted by molar-refractivity contribution is 6.30. The molecule has 1 N–H and O–H groups in total. The highest BCUT2D eigenvalue weighted by atomic mass is 35.5. The first kappa shape index (κ1) is 11.7. The van der Waals surface area contributed by atoms with Crippen LogP contribution < -0.4 is 5.32 Å². The van der Waals surface area contributed by atoms with Gasteiger partial charge in [0.2, 0.25) is 0 Å². The first-order valence-electron chi connectivity index (χ1n) is 5.30. The largest absolute Gasteiger partial charge is 0.472 e. The zero-order chi connectivity index (χ0) is 12.1. The maximum atomic E-state index is 11.7. The lowest BCUT2D eigenvalue weighted by atomic mass is 10.2. The van der Waals surface area contributed by atoms with Gasteiger partial charge in [-0.1, -0.05) is 11.6 Å². The molecule has 3 nitrogen and oxygen atoms in total. The Balaban J connectivity index is 1.83. The zero-order valence-corrected chi connectivity index (χ0v) is 9.91. The Morgan fingerprint density at radius 2 is 2.00 bits per heavy atom. The van der Waals surface area contributed by atoms with E-state index in [0.29, 0.717) is 17.1 Å². The van der Waals surface area contributed by atoms with E-state index in [2.05, 4.69) is 5.32 Å². The smallest absolute Gasteiger partial charge is 0.251 e. The molecule has 0 spiro atoms. The van der Waals surface area contributed by atoms with Gasteiger partial charge in [-0.3, -0.25) is 4.79 Å². The van der Waals surface area contributed by atoms with Crippen LogP contribution in [0.25, 0.3) is 0 Å². The van der Waals surface area contributed by atoms with E-state index in [9.17, 15) is 4.79 Å². The number of carbonyl (C=O) groups excluding carboxylic acids is 1. The van der Waals surface area contributed by atoms with Crippen LogP contribution in [-0.4, -0.2) is 12.5 Å². The molecule has 1 aromatic heterocycles. The van der Waals surface area contributed by atoms with E-state index < -0.39 is 0 Å². The van der Waals surface area contributed by atoms with Gasteiger partial charge >= 0.3 is 0 Å². The summed E-state index contributed by atoms with van der Waals surface area (Å²) in [6.45, 7) is 0.584. The molecule has 1 amide bonds. The molecule has 0 aliphatic rings. The molecule has 0 aliphatic heterocycles. The molecule has 2 rings (SSSR count). The fraction of sp³-hybridized carbons (Fsp3) is 0.154. The second-order valence-corrected chi connectivity index (χ2v) is 4.08. The van der Waals surface area contributed by atoms with Crippen LogP contribution in [0.5, 0.6) is 0 Å². The van der Waals surface area contributed by atoms with E-state index in [-0.39, 0.29) is 5.91 Å². The number of hydrogen-bond acceptors (Lipinski definition) is 2. The first-order valence-corrected chi connectivity index (χ1v) is 5.68. The molecule has 0 unspecified atom stereocenters. The van der Waals surface area contributed by atoms with E-state index in [1.54, 1.807) is 36.8 Å². The summed E-state index contributed by atoms with van der Waals surface area (Å²) in [7, 11) is 0. The average molecular weight is 250 g/mol. The number of carbonyl (C=O) groups is 1. The quantitative estimate of drug-likeness (QED) is 0.905. The van der Waals surface area contributed by atoms with Gasteiger partial charge < -0.3 is 9.73 Å². The molecule has 0 bridgehead atoms. The Bertz CT molecular complexity index is 477. The molecule has 0 saturated heterocycles. The van der Waals surface area contributed by atoms with Crippen molar-refractivity contribution < 1.29 is 9.21 Å². The van der Waals surface area contributed by atoms with E-state index in [1.165, 1.54) is 0 Å². The number of benzene rings is 1. The third-order valence-corrected chi connectivity index (χ3v) is 2.64. The summed E-state index contributed by atoms with van der Waals surface area (Å²) >= 11 is 5.75. The lowest BCUT2D eigenvalue weighted by Gasteiger charge is -2.04. The predicted molar refractivity (Wildman–Crippen MR) is 66.2 cm³/mol. The Labute approximate surface area is 104 Å². The van der Waals surface area contributed by atoms with Crippen LogP contribution in [0.15, 0.2) is 47.3 Å². The van der Waals surface area contributed by atoms with Gasteiger partial charge in [0.25, 0.3) is 5.91 Å². The molecule has 4 heteroatoms. The normalized spacial score (nSPS) is 10.2. The molecule has 0 radical (unpaired) electrons. The van der Waals surface area contributed by atoms with E-state index in [1.807, 2.05) is 6.07 Å². The number of rotatable bonds is 4. The van der Waals surface area contributed by atoms with Crippen molar-refractivity contribution in [3.63, 3.8) is 0 Å². The van der Waals surface area contributed by atoms with Gasteiger partial charge in [0, 0.05) is 17.1 Å². The number of furan rings is 1. The van der Waals surface area contributed by atoms with E-state index >= 15 is 0 Å². The highest BCUT2D eigenvalue weighted by Crippen LogP contribution is 2.09. The van der Waals surface area contributed by atoms with Crippen molar-refractivity contribution in [1.82, 2.24) is 5.32 Å². The van der Waals surface area contributed by atoms with Crippen LogP contribution >= 0.6 is 11.6 Å². The van der Waals surface area contributed by atoms with Gasteiger partial charge in [0.05, 0.1) is 12.5 Å².